The van der Waals surface area contributed by atoms with Gasteiger partial charge in [0.25, 0.3) is 0 Å². The van der Waals surface area contributed by atoms with Crippen molar-refractivity contribution in [3.63, 3.8) is 0 Å². The summed E-state index contributed by atoms with van der Waals surface area (Å²) in [7, 11) is 0. The summed E-state index contributed by atoms with van der Waals surface area (Å²) in [5.41, 5.74) is 1.97. The van der Waals surface area contributed by atoms with Crippen LogP contribution in [-0.2, 0) is 11.3 Å². The van der Waals surface area contributed by atoms with Crippen LogP contribution in [0.1, 0.15) is 56.8 Å². The normalized spacial score (nSPS) is 21.3. The van der Waals surface area contributed by atoms with Crippen LogP contribution in [0.3, 0.4) is 0 Å². The number of carbonyl (C=O) groups is 1. The SMILES string of the molecule is CCNC(=NCc1cccc(C)n1)NC1CCN(C(=O)C2CCCCC2)C1. The molecule has 0 aromatic carbocycles. The largest absolute Gasteiger partial charge is 0.357 e. The van der Waals surface area contributed by atoms with Crippen molar-refractivity contribution in [1.82, 2.24) is 20.5 Å². The lowest BCUT2D eigenvalue weighted by Gasteiger charge is -2.26. The van der Waals surface area contributed by atoms with E-state index in [1.165, 1.54) is 19.3 Å². The molecule has 27 heavy (non-hydrogen) atoms. The van der Waals surface area contributed by atoms with Crippen LogP contribution in [0.25, 0.3) is 0 Å². The number of guanidine groups is 1. The van der Waals surface area contributed by atoms with Crippen LogP contribution in [0.2, 0.25) is 0 Å². The predicted octanol–water partition coefficient (Wildman–Crippen LogP) is 2.63. The number of likely N-dealkylation sites (tertiary alicyclic amines) is 1. The Bertz CT molecular complexity index is 654. The summed E-state index contributed by atoms with van der Waals surface area (Å²) in [6, 6.07) is 6.27. The molecular formula is C21H33N5O. The zero-order valence-corrected chi connectivity index (χ0v) is 16.7. The van der Waals surface area contributed by atoms with E-state index in [0.29, 0.717) is 12.5 Å². The molecule has 2 heterocycles. The van der Waals surface area contributed by atoms with Crippen LogP contribution in [0.5, 0.6) is 0 Å². The zero-order valence-electron chi connectivity index (χ0n) is 16.7. The van der Waals surface area contributed by atoms with Gasteiger partial charge in [0, 0.05) is 37.3 Å². The van der Waals surface area contributed by atoms with Gasteiger partial charge >= 0.3 is 0 Å². The van der Waals surface area contributed by atoms with E-state index < -0.39 is 0 Å². The maximum absolute atomic E-state index is 12.7. The van der Waals surface area contributed by atoms with Gasteiger partial charge in [-0.25, -0.2) is 4.99 Å². The fourth-order valence-electron chi connectivity index (χ4n) is 4.05. The number of aliphatic imine (C=N–C) groups is 1. The summed E-state index contributed by atoms with van der Waals surface area (Å²) in [4.78, 5) is 24.0. The molecule has 6 heteroatoms. The first kappa shape index (κ1) is 19.6. The van der Waals surface area contributed by atoms with Crippen molar-refractivity contribution in [2.24, 2.45) is 10.9 Å². The van der Waals surface area contributed by atoms with Crippen LogP contribution < -0.4 is 10.6 Å². The van der Waals surface area contributed by atoms with Crippen LogP contribution >= 0.6 is 0 Å². The van der Waals surface area contributed by atoms with Gasteiger partial charge < -0.3 is 15.5 Å². The van der Waals surface area contributed by atoms with Crippen LogP contribution in [-0.4, -0.2) is 47.4 Å². The number of hydrogen-bond donors (Lipinski definition) is 2. The number of amides is 1. The minimum Gasteiger partial charge on any atom is -0.357 e. The van der Waals surface area contributed by atoms with Gasteiger partial charge in [-0.1, -0.05) is 25.3 Å². The first-order valence-electron chi connectivity index (χ1n) is 10.4. The van der Waals surface area contributed by atoms with Crippen molar-refractivity contribution in [3.8, 4) is 0 Å². The van der Waals surface area contributed by atoms with Gasteiger partial charge in [0.05, 0.1) is 12.2 Å². The lowest BCUT2D eigenvalue weighted by molar-refractivity contribution is -0.135. The lowest BCUT2D eigenvalue weighted by atomic mass is 9.88. The molecule has 1 aromatic heterocycles. The molecule has 3 rings (SSSR count). The highest BCUT2D eigenvalue weighted by atomic mass is 16.2. The molecule has 1 saturated heterocycles. The Morgan fingerprint density at radius 1 is 1.26 bits per heavy atom. The molecule has 0 bridgehead atoms. The molecule has 6 nitrogen and oxygen atoms in total. The van der Waals surface area contributed by atoms with Crippen LogP contribution in [0.15, 0.2) is 23.2 Å². The molecule has 0 radical (unpaired) electrons. The monoisotopic (exact) mass is 371 g/mol. The van der Waals surface area contributed by atoms with E-state index in [9.17, 15) is 4.79 Å². The molecule has 1 atom stereocenters. The topological polar surface area (TPSA) is 69.6 Å². The molecule has 2 aliphatic rings. The van der Waals surface area contributed by atoms with Gasteiger partial charge in [-0.15, -0.1) is 0 Å². The standard InChI is InChI=1S/C21H33N5O/c1-3-22-21(23-14-18-11-7-8-16(2)24-18)25-19-12-13-26(15-19)20(27)17-9-5-4-6-10-17/h7-8,11,17,19H,3-6,9-10,12-15H2,1-2H3,(H2,22,23,25). The van der Waals surface area contributed by atoms with Crippen molar-refractivity contribution in [2.45, 2.75) is 65.0 Å². The first-order chi connectivity index (χ1) is 13.2. The molecule has 1 saturated carbocycles. The van der Waals surface area contributed by atoms with E-state index >= 15 is 0 Å². The quantitative estimate of drug-likeness (QED) is 0.617. The highest BCUT2D eigenvalue weighted by molar-refractivity contribution is 5.81. The summed E-state index contributed by atoms with van der Waals surface area (Å²) in [6.07, 6.45) is 6.81. The summed E-state index contributed by atoms with van der Waals surface area (Å²) in [5.74, 6) is 1.43. The number of nitrogens with zero attached hydrogens (tertiary/aromatic N) is 3. The third-order valence-corrected chi connectivity index (χ3v) is 5.48. The summed E-state index contributed by atoms with van der Waals surface area (Å²) >= 11 is 0. The zero-order chi connectivity index (χ0) is 19.1. The Morgan fingerprint density at radius 3 is 2.81 bits per heavy atom. The average Bonchev–Trinajstić information content (AvgIpc) is 3.15. The molecular weight excluding hydrogens is 338 g/mol. The average molecular weight is 372 g/mol. The van der Waals surface area contributed by atoms with Crippen LogP contribution in [0.4, 0.5) is 0 Å². The number of hydrogen-bond acceptors (Lipinski definition) is 3. The fraction of sp³-hybridized carbons (Fsp3) is 0.667. The van der Waals surface area contributed by atoms with Gasteiger partial charge in [-0.05, 0) is 45.2 Å². The number of nitrogens with one attached hydrogen (secondary N) is 2. The number of pyridine rings is 1. The molecule has 2 fully saturated rings. The van der Waals surface area contributed by atoms with Crippen molar-refractivity contribution < 1.29 is 4.79 Å². The van der Waals surface area contributed by atoms with E-state index in [2.05, 4.69) is 32.4 Å². The smallest absolute Gasteiger partial charge is 0.225 e. The number of aryl methyl sites for hydroxylation is 1. The molecule has 1 aliphatic carbocycles. The Labute approximate surface area is 162 Å². The van der Waals surface area contributed by atoms with Crippen LogP contribution in [0, 0.1) is 12.8 Å². The van der Waals surface area contributed by atoms with E-state index in [-0.39, 0.29) is 12.0 Å². The third-order valence-electron chi connectivity index (χ3n) is 5.48. The summed E-state index contributed by atoms with van der Waals surface area (Å²) in [5, 5.41) is 6.82. The molecule has 148 valence electrons. The highest BCUT2D eigenvalue weighted by Crippen LogP contribution is 2.26. The Morgan fingerprint density at radius 2 is 2.07 bits per heavy atom. The summed E-state index contributed by atoms with van der Waals surface area (Å²) < 4.78 is 0. The first-order valence-corrected chi connectivity index (χ1v) is 10.4. The number of aromatic nitrogens is 1. The van der Waals surface area contributed by atoms with Gasteiger partial charge in [-0.2, -0.15) is 0 Å². The van der Waals surface area contributed by atoms with Gasteiger partial charge in [0.15, 0.2) is 5.96 Å². The molecule has 0 spiro atoms. The molecule has 2 N–H and O–H groups in total. The van der Waals surface area contributed by atoms with E-state index in [1.54, 1.807) is 0 Å². The van der Waals surface area contributed by atoms with E-state index in [4.69, 9.17) is 0 Å². The molecule has 1 amide bonds. The van der Waals surface area contributed by atoms with Gasteiger partial charge in [0.1, 0.15) is 0 Å². The van der Waals surface area contributed by atoms with Crippen molar-refractivity contribution in [2.75, 3.05) is 19.6 Å². The minimum absolute atomic E-state index is 0.256. The minimum atomic E-state index is 0.256. The lowest BCUT2D eigenvalue weighted by Crippen LogP contribution is -2.45. The Balaban J connectivity index is 1.53. The molecule has 1 aliphatic heterocycles. The fourth-order valence-corrected chi connectivity index (χ4v) is 4.05. The Kier molecular flexibility index (Phi) is 7.07. The number of carbonyl (C=O) groups excluding carboxylic acids is 1. The highest BCUT2D eigenvalue weighted by Gasteiger charge is 2.31. The van der Waals surface area contributed by atoms with E-state index in [0.717, 1.165) is 56.2 Å². The third kappa shape index (κ3) is 5.68. The van der Waals surface area contributed by atoms with Gasteiger partial charge in [-0.3, -0.25) is 9.78 Å². The maximum atomic E-state index is 12.7. The Hall–Kier alpha value is -2.11. The second kappa shape index (κ2) is 9.72. The second-order valence-electron chi connectivity index (χ2n) is 7.71. The van der Waals surface area contributed by atoms with Crippen molar-refractivity contribution in [3.05, 3.63) is 29.6 Å². The van der Waals surface area contributed by atoms with Gasteiger partial charge in [0.2, 0.25) is 5.91 Å². The van der Waals surface area contributed by atoms with Crippen molar-refractivity contribution in [1.29, 1.82) is 0 Å². The van der Waals surface area contributed by atoms with Crippen molar-refractivity contribution >= 4 is 11.9 Å². The second-order valence-corrected chi connectivity index (χ2v) is 7.71. The maximum Gasteiger partial charge on any atom is 0.225 e. The van der Waals surface area contributed by atoms with E-state index in [1.807, 2.05) is 25.1 Å². The number of rotatable bonds is 5. The summed E-state index contributed by atoms with van der Waals surface area (Å²) in [6.45, 7) is 7.05. The molecule has 1 unspecified atom stereocenters. The molecule has 1 aromatic rings. The predicted molar refractivity (Wildman–Crippen MR) is 108 cm³/mol.